The van der Waals surface area contributed by atoms with E-state index in [0.29, 0.717) is 0 Å². The average molecular weight is 226 g/mol. The number of benzene rings is 2. The topological polar surface area (TPSA) is 15.8 Å². The summed E-state index contributed by atoms with van der Waals surface area (Å²) in [5, 5.41) is 2.52. The zero-order valence-electron chi connectivity index (χ0n) is 8.13. The van der Waals surface area contributed by atoms with Crippen LogP contribution in [0.4, 0.5) is 0 Å². The van der Waals surface area contributed by atoms with Gasteiger partial charge in [-0.3, -0.25) is 0 Å². The number of hydrogen-bond donors (Lipinski definition) is 1. The molecule has 0 unspecified atom stereocenters. The summed E-state index contributed by atoms with van der Waals surface area (Å²) in [5.74, 6) is 0. The number of aromatic nitrogens is 1. The fourth-order valence-corrected chi connectivity index (χ4v) is 1.73. The third-order valence-electron chi connectivity index (χ3n) is 2.33. The molecule has 0 aliphatic heterocycles. The fraction of sp³-hybridized carbons (Fsp3) is 0. The summed E-state index contributed by atoms with van der Waals surface area (Å²) < 4.78 is 0. The molecule has 0 saturated heterocycles. The van der Waals surface area contributed by atoms with Gasteiger partial charge in [-0.05, 0) is 11.5 Å². The van der Waals surface area contributed by atoms with Crippen LogP contribution in [0.15, 0.2) is 42.5 Å². The number of H-pyrrole nitrogens is 1. The van der Waals surface area contributed by atoms with Crippen LogP contribution in [0.1, 0.15) is 0 Å². The van der Waals surface area contributed by atoms with Gasteiger partial charge in [-0.2, -0.15) is 24.3 Å². The van der Waals surface area contributed by atoms with Gasteiger partial charge >= 0.3 is 23.1 Å². The molecule has 0 amide bonds. The zero-order valence-corrected chi connectivity index (χ0v) is 10.3. The van der Waals surface area contributed by atoms with Crippen LogP contribution >= 0.6 is 0 Å². The number of fused-ring (bicyclic) bond motifs is 3. The van der Waals surface area contributed by atoms with E-state index in [-0.39, 0.29) is 35.5 Å². The molecule has 1 nitrogen and oxygen atoms in total. The van der Waals surface area contributed by atoms with Gasteiger partial charge in [-0.15, -0.1) is 5.39 Å². The van der Waals surface area contributed by atoms with Gasteiger partial charge in [0.25, 0.3) is 0 Å². The molecule has 70 valence electrons. The van der Waals surface area contributed by atoms with E-state index < -0.39 is 0 Å². The van der Waals surface area contributed by atoms with E-state index in [1.807, 2.05) is 18.2 Å². The van der Waals surface area contributed by atoms with Gasteiger partial charge in [0.1, 0.15) is 0 Å². The van der Waals surface area contributed by atoms with E-state index in [1.165, 1.54) is 16.3 Å². The molecule has 0 aliphatic rings. The average Bonchev–Trinajstić information content (AvgIpc) is 2.56. The summed E-state index contributed by atoms with van der Waals surface area (Å²) in [6.45, 7) is 0. The van der Waals surface area contributed by atoms with Crippen LogP contribution in [0.2, 0.25) is 0 Å². The molecule has 0 spiro atoms. The van der Waals surface area contributed by atoms with Gasteiger partial charge in [0.2, 0.25) is 0 Å². The quantitative estimate of drug-likeness (QED) is 0.401. The summed E-state index contributed by atoms with van der Waals surface area (Å²) in [6.07, 6.45) is 0. The first-order chi connectivity index (χ1) is 6.45. The van der Waals surface area contributed by atoms with Gasteiger partial charge in [-0.1, -0.05) is 23.7 Å². The molecule has 1 heterocycles. The Morgan fingerprint density at radius 2 is 1.67 bits per heavy atom. The van der Waals surface area contributed by atoms with E-state index in [9.17, 15) is 0 Å². The Morgan fingerprint density at radius 3 is 2.53 bits per heavy atom. The maximum absolute atomic E-state index is 3.32. The number of halogens is 1. The van der Waals surface area contributed by atoms with Crippen LogP contribution < -0.4 is 12.4 Å². The van der Waals surface area contributed by atoms with Gasteiger partial charge in [0.05, 0.1) is 0 Å². The Morgan fingerprint density at radius 1 is 0.933 bits per heavy atom. The first-order valence-corrected chi connectivity index (χ1v) is 4.32. The SMILES string of the molecule is [Cl-].[Mg+2].[c-]1cccc2c1[nH]c1ccccc12. The van der Waals surface area contributed by atoms with Crippen molar-refractivity contribution < 1.29 is 12.4 Å². The number of nitrogens with one attached hydrogen (secondary N) is 1. The molecular formula is C12H8ClMgN. The molecule has 3 rings (SSSR count). The van der Waals surface area contributed by atoms with Crippen LogP contribution in [-0.4, -0.2) is 28.0 Å². The second-order valence-corrected chi connectivity index (χ2v) is 3.13. The first kappa shape index (κ1) is 12.4. The third-order valence-corrected chi connectivity index (χ3v) is 2.33. The summed E-state index contributed by atoms with van der Waals surface area (Å²) >= 11 is 0. The molecule has 15 heavy (non-hydrogen) atoms. The van der Waals surface area contributed by atoms with Crippen molar-refractivity contribution in [2.24, 2.45) is 0 Å². The molecule has 3 heteroatoms. The molecule has 2 aromatic carbocycles. The molecule has 0 saturated carbocycles. The minimum atomic E-state index is 0. The van der Waals surface area contributed by atoms with Crippen LogP contribution in [0.3, 0.4) is 0 Å². The second-order valence-electron chi connectivity index (χ2n) is 3.13. The minimum Gasteiger partial charge on any atom is -1.00 e. The minimum absolute atomic E-state index is 0. The van der Waals surface area contributed by atoms with E-state index in [0.717, 1.165) is 5.52 Å². The monoisotopic (exact) mass is 225 g/mol. The molecule has 0 aliphatic carbocycles. The second kappa shape index (κ2) is 4.88. The van der Waals surface area contributed by atoms with E-state index in [4.69, 9.17) is 0 Å². The van der Waals surface area contributed by atoms with Crippen molar-refractivity contribution >= 4 is 44.9 Å². The summed E-state index contributed by atoms with van der Waals surface area (Å²) in [6, 6.07) is 17.6. The maximum Gasteiger partial charge on any atom is 2.00 e. The number of aromatic amines is 1. The normalized spacial score (nSPS) is 9.60. The van der Waals surface area contributed by atoms with E-state index in [2.05, 4.69) is 35.3 Å². The smallest absolute Gasteiger partial charge is 1.00 e. The molecular weight excluding hydrogens is 218 g/mol. The molecule has 0 radical (unpaired) electrons. The summed E-state index contributed by atoms with van der Waals surface area (Å²) in [5.41, 5.74) is 2.27. The number of rotatable bonds is 0. The van der Waals surface area contributed by atoms with Crippen LogP contribution in [0.25, 0.3) is 21.8 Å². The molecule has 0 fully saturated rings. The Bertz CT molecular complexity index is 523. The van der Waals surface area contributed by atoms with Gasteiger partial charge in [-0.25, -0.2) is 0 Å². The van der Waals surface area contributed by atoms with Gasteiger partial charge in [0, 0.05) is 5.52 Å². The van der Waals surface area contributed by atoms with Crippen molar-refractivity contribution in [3.05, 3.63) is 48.5 Å². The Labute approximate surface area is 110 Å². The molecule has 0 bridgehead atoms. The maximum atomic E-state index is 3.32. The molecule has 0 atom stereocenters. The predicted molar refractivity (Wildman–Crippen MR) is 60.4 cm³/mol. The van der Waals surface area contributed by atoms with E-state index in [1.54, 1.807) is 0 Å². The number of hydrogen-bond acceptors (Lipinski definition) is 0. The Kier molecular flexibility index (Phi) is 4.02. The van der Waals surface area contributed by atoms with Crippen molar-refractivity contribution in [3.63, 3.8) is 0 Å². The predicted octanol–water partition coefficient (Wildman–Crippen LogP) is -0.256. The van der Waals surface area contributed by atoms with Crippen molar-refractivity contribution in [1.29, 1.82) is 0 Å². The third kappa shape index (κ3) is 1.98. The zero-order chi connectivity index (χ0) is 8.67. The molecule has 1 aromatic heterocycles. The fourth-order valence-electron chi connectivity index (χ4n) is 1.73. The van der Waals surface area contributed by atoms with Crippen LogP contribution in [0, 0.1) is 6.07 Å². The largest absolute Gasteiger partial charge is 2.00 e. The molecule has 1 N–H and O–H groups in total. The van der Waals surface area contributed by atoms with Crippen molar-refractivity contribution in [2.75, 3.05) is 0 Å². The first-order valence-electron chi connectivity index (χ1n) is 4.32. The van der Waals surface area contributed by atoms with Crippen LogP contribution in [-0.2, 0) is 0 Å². The van der Waals surface area contributed by atoms with Crippen LogP contribution in [0.5, 0.6) is 0 Å². The number of para-hydroxylation sites is 2. The van der Waals surface area contributed by atoms with Crippen molar-refractivity contribution in [1.82, 2.24) is 4.98 Å². The van der Waals surface area contributed by atoms with Gasteiger partial charge < -0.3 is 17.4 Å². The van der Waals surface area contributed by atoms with E-state index >= 15 is 0 Å². The standard InChI is InChI=1S/C12H8N.ClH.Mg/c1-3-7-11-9(5-1)10-6-2-4-8-12(10)13-11;;/h1-7,13H;1H;/q-1;;+2/p-1. The summed E-state index contributed by atoms with van der Waals surface area (Å²) in [7, 11) is 0. The molecule has 3 aromatic rings. The Hall–Kier alpha value is -0.704. The Balaban J connectivity index is 0.000000562. The van der Waals surface area contributed by atoms with Crippen molar-refractivity contribution in [2.45, 2.75) is 0 Å². The summed E-state index contributed by atoms with van der Waals surface area (Å²) in [4.78, 5) is 3.32. The van der Waals surface area contributed by atoms with Crippen molar-refractivity contribution in [3.8, 4) is 0 Å². The van der Waals surface area contributed by atoms with Gasteiger partial charge in [0.15, 0.2) is 0 Å².